The van der Waals surface area contributed by atoms with E-state index in [-0.39, 0.29) is 11.5 Å². The zero-order chi connectivity index (χ0) is 14.7. The van der Waals surface area contributed by atoms with Gasteiger partial charge in [-0.25, -0.2) is 0 Å². The lowest BCUT2D eigenvalue weighted by molar-refractivity contribution is 0.217. The molecule has 0 bridgehead atoms. The SMILES string of the molecule is NNC(c1sccc1Cl)C1(c2ccccc2)CCCCC1. The molecule has 1 aromatic heterocycles. The van der Waals surface area contributed by atoms with Crippen molar-refractivity contribution in [3.63, 3.8) is 0 Å². The summed E-state index contributed by atoms with van der Waals surface area (Å²) in [6.07, 6.45) is 6.11. The molecule has 2 aromatic rings. The number of nitrogens with two attached hydrogens (primary N) is 1. The van der Waals surface area contributed by atoms with Gasteiger partial charge in [0, 0.05) is 10.3 Å². The standard InChI is InChI=1S/C17H21ClN2S/c18-14-9-12-21-15(14)16(20-19)17(10-5-2-6-11-17)13-7-3-1-4-8-13/h1,3-4,7-9,12,16,20H,2,5-6,10-11,19H2. The number of hydrogen-bond acceptors (Lipinski definition) is 3. The fourth-order valence-corrected chi connectivity index (χ4v) is 5.04. The number of benzene rings is 1. The van der Waals surface area contributed by atoms with Crippen molar-refractivity contribution in [2.45, 2.75) is 43.6 Å². The van der Waals surface area contributed by atoms with E-state index in [1.165, 1.54) is 24.8 Å². The van der Waals surface area contributed by atoms with Crippen LogP contribution < -0.4 is 11.3 Å². The summed E-state index contributed by atoms with van der Waals surface area (Å²) in [6.45, 7) is 0. The molecule has 0 amide bonds. The Bertz CT molecular complexity index is 575. The van der Waals surface area contributed by atoms with E-state index in [2.05, 4.69) is 35.8 Å². The third kappa shape index (κ3) is 2.76. The molecule has 112 valence electrons. The minimum Gasteiger partial charge on any atom is -0.271 e. The summed E-state index contributed by atoms with van der Waals surface area (Å²) in [5.41, 5.74) is 4.50. The first-order chi connectivity index (χ1) is 10.3. The van der Waals surface area contributed by atoms with Gasteiger partial charge in [0.25, 0.3) is 0 Å². The lowest BCUT2D eigenvalue weighted by atomic mass is 9.64. The van der Waals surface area contributed by atoms with Crippen LogP contribution in [0.2, 0.25) is 5.02 Å². The molecule has 1 saturated carbocycles. The smallest absolute Gasteiger partial charge is 0.0664 e. The minimum atomic E-state index is 0.0444. The molecule has 0 aliphatic heterocycles. The van der Waals surface area contributed by atoms with Gasteiger partial charge >= 0.3 is 0 Å². The van der Waals surface area contributed by atoms with Crippen LogP contribution in [0.4, 0.5) is 0 Å². The Balaban J connectivity index is 2.08. The topological polar surface area (TPSA) is 38.0 Å². The fourth-order valence-electron chi connectivity index (χ4n) is 3.69. The molecule has 1 aliphatic rings. The molecule has 1 aliphatic carbocycles. The van der Waals surface area contributed by atoms with E-state index in [9.17, 15) is 0 Å². The summed E-state index contributed by atoms with van der Waals surface area (Å²) in [6, 6.07) is 12.8. The predicted octanol–water partition coefficient (Wildman–Crippen LogP) is 4.81. The first kappa shape index (κ1) is 15.0. The van der Waals surface area contributed by atoms with Crippen LogP contribution in [0.1, 0.15) is 48.6 Å². The number of halogens is 1. The first-order valence-corrected chi connectivity index (χ1v) is 8.78. The lowest BCUT2D eigenvalue weighted by Gasteiger charge is -2.43. The van der Waals surface area contributed by atoms with Crippen LogP contribution in [0.5, 0.6) is 0 Å². The highest BCUT2D eigenvalue weighted by atomic mass is 35.5. The molecule has 21 heavy (non-hydrogen) atoms. The molecular formula is C17H21ClN2S. The van der Waals surface area contributed by atoms with Gasteiger partial charge in [0.1, 0.15) is 0 Å². The Hall–Kier alpha value is -0.870. The van der Waals surface area contributed by atoms with Crippen molar-refractivity contribution in [1.82, 2.24) is 5.43 Å². The molecule has 2 nitrogen and oxygen atoms in total. The van der Waals surface area contributed by atoms with E-state index in [1.807, 2.05) is 11.4 Å². The van der Waals surface area contributed by atoms with Crippen LogP contribution in [0, 0.1) is 0 Å². The van der Waals surface area contributed by atoms with Crippen molar-refractivity contribution in [1.29, 1.82) is 0 Å². The highest BCUT2D eigenvalue weighted by molar-refractivity contribution is 7.10. The van der Waals surface area contributed by atoms with E-state index in [0.29, 0.717) is 0 Å². The number of thiophene rings is 1. The van der Waals surface area contributed by atoms with Gasteiger partial charge in [-0.3, -0.25) is 11.3 Å². The maximum Gasteiger partial charge on any atom is 0.0664 e. The number of hydrazine groups is 1. The molecule has 3 rings (SSSR count). The third-order valence-electron chi connectivity index (χ3n) is 4.72. The molecule has 4 heteroatoms. The zero-order valence-electron chi connectivity index (χ0n) is 12.0. The monoisotopic (exact) mass is 320 g/mol. The third-order valence-corrected chi connectivity index (χ3v) is 6.14. The molecule has 0 saturated heterocycles. The summed E-state index contributed by atoms with van der Waals surface area (Å²) in [7, 11) is 0. The lowest BCUT2D eigenvalue weighted by Crippen LogP contribution is -2.45. The second-order valence-corrected chi connectivity index (χ2v) is 7.17. The predicted molar refractivity (Wildman–Crippen MR) is 90.6 cm³/mol. The van der Waals surface area contributed by atoms with E-state index >= 15 is 0 Å². The normalized spacial score (nSPS) is 19.3. The van der Waals surface area contributed by atoms with E-state index in [4.69, 9.17) is 17.4 Å². The van der Waals surface area contributed by atoms with Gasteiger partial charge in [-0.1, -0.05) is 61.2 Å². The van der Waals surface area contributed by atoms with Gasteiger partial charge in [0.15, 0.2) is 0 Å². The summed E-state index contributed by atoms with van der Waals surface area (Å²) in [5, 5.41) is 2.87. The number of nitrogens with one attached hydrogen (secondary N) is 1. The van der Waals surface area contributed by atoms with Crippen molar-refractivity contribution < 1.29 is 0 Å². The molecule has 1 atom stereocenters. The molecular weight excluding hydrogens is 300 g/mol. The molecule has 1 unspecified atom stereocenters. The van der Waals surface area contributed by atoms with Crippen molar-refractivity contribution >= 4 is 22.9 Å². The Morgan fingerprint density at radius 3 is 2.38 bits per heavy atom. The zero-order valence-corrected chi connectivity index (χ0v) is 13.6. The summed E-state index contributed by atoms with van der Waals surface area (Å²) >= 11 is 8.09. The van der Waals surface area contributed by atoms with Crippen molar-refractivity contribution in [2.75, 3.05) is 0 Å². The minimum absolute atomic E-state index is 0.0444. The maximum atomic E-state index is 6.40. The van der Waals surface area contributed by atoms with Crippen LogP contribution in [0.25, 0.3) is 0 Å². The van der Waals surface area contributed by atoms with Gasteiger partial charge < -0.3 is 0 Å². The van der Waals surface area contributed by atoms with Gasteiger partial charge in [0.2, 0.25) is 0 Å². The quantitative estimate of drug-likeness (QED) is 0.627. The Morgan fingerprint density at radius 1 is 1.10 bits per heavy atom. The average Bonchev–Trinajstić information content (AvgIpc) is 2.96. The Morgan fingerprint density at radius 2 is 1.81 bits per heavy atom. The molecule has 0 radical (unpaired) electrons. The van der Waals surface area contributed by atoms with Crippen LogP contribution in [-0.2, 0) is 5.41 Å². The average molecular weight is 321 g/mol. The second-order valence-electron chi connectivity index (χ2n) is 5.82. The highest BCUT2D eigenvalue weighted by Gasteiger charge is 2.42. The van der Waals surface area contributed by atoms with Crippen molar-refractivity contribution in [3.05, 3.63) is 57.2 Å². The van der Waals surface area contributed by atoms with Crippen molar-refractivity contribution in [3.8, 4) is 0 Å². The van der Waals surface area contributed by atoms with Crippen LogP contribution in [0.3, 0.4) is 0 Å². The first-order valence-electron chi connectivity index (χ1n) is 7.52. The van der Waals surface area contributed by atoms with Crippen molar-refractivity contribution in [2.24, 2.45) is 5.84 Å². The van der Waals surface area contributed by atoms with E-state index in [1.54, 1.807) is 11.3 Å². The summed E-state index contributed by atoms with van der Waals surface area (Å²) in [5.74, 6) is 5.98. The second kappa shape index (κ2) is 6.49. The van der Waals surface area contributed by atoms with Crippen LogP contribution in [0.15, 0.2) is 41.8 Å². The molecule has 3 N–H and O–H groups in total. The number of hydrogen-bond donors (Lipinski definition) is 2. The Labute approximate surface area is 135 Å². The molecule has 1 aromatic carbocycles. The summed E-state index contributed by atoms with van der Waals surface area (Å²) < 4.78 is 0. The maximum absolute atomic E-state index is 6.40. The molecule has 1 fully saturated rings. The van der Waals surface area contributed by atoms with Gasteiger partial charge in [-0.15, -0.1) is 11.3 Å². The fraction of sp³-hybridized carbons (Fsp3) is 0.412. The largest absolute Gasteiger partial charge is 0.271 e. The van der Waals surface area contributed by atoms with Crippen LogP contribution >= 0.6 is 22.9 Å². The number of rotatable bonds is 4. The van der Waals surface area contributed by atoms with E-state index in [0.717, 1.165) is 22.7 Å². The molecule has 1 heterocycles. The van der Waals surface area contributed by atoms with Crippen LogP contribution in [-0.4, -0.2) is 0 Å². The Kier molecular flexibility index (Phi) is 4.65. The highest BCUT2D eigenvalue weighted by Crippen LogP contribution is 2.50. The molecule has 0 spiro atoms. The van der Waals surface area contributed by atoms with Gasteiger partial charge in [-0.2, -0.15) is 0 Å². The van der Waals surface area contributed by atoms with E-state index < -0.39 is 0 Å². The van der Waals surface area contributed by atoms with Gasteiger partial charge in [-0.05, 0) is 29.9 Å². The summed E-state index contributed by atoms with van der Waals surface area (Å²) in [4.78, 5) is 1.16. The van der Waals surface area contributed by atoms with Gasteiger partial charge in [0.05, 0.1) is 11.1 Å².